The molecule has 1 aromatic carbocycles. The topological polar surface area (TPSA) is 26.0 Å². The molecule has 2 N–H and O–H groups in total. The number of nitrogens with two attached hydrogens (primary N) is 1. The fraction of sp³-hybridized carbons (Fsp3) is 0.111. The third-order valence-corrected chi connectivity index (χ3v) is 3.02. The zero-order chi connectivity index (χ0) is 8.72. The molecule has 0 saturated heterocycles. The molecule has 62 valence electrons. The summed E-state index contributed by atoms with van der Waals surface area (Å²) in [6, 6.07) is 2.88. The first-order valence-corrected chi connectivity index (χ1v) is 4.49. The molecule has 0 atom stereocenters. The van der Waals surface area contributed by atoms with Gasteiger partial charge in [-0.1, -0.05) is 0 Å². The number of halogens is 1. The van der Waals surface area contributed by atoms with Gasteiger partial charge >= 0.3 is 0 Å². The molecule has 1 nitrogen and oxygen atoms in total. The van der Waals surface area contributed by atoms with Gasteiger partial charge in [0.1, 0.15) is 5.82 Å². The molecular weight excluding hydrogens is 173 g/mol. The maximum absolute atomic E-state index is 12.9. The highest BCUT2D eigenvalue weighted by molar-refractivity contribution is 7.18. The fourth-order valence-electron chi connectivity index (χ4n) is 1.25. The highest BCUT2D eigenvalue weighted by Gasteiger charge is 2.04. The smallest absolute Gasteiger partial charge is 0.125 e. The van der Waals surface area contributed by atoms with Gasteiger partial charge in [-0.15, -0.1) is 11.3 Å². The summed E-state index contributed by atoms with van der Waals surface area (Å²) in [5.41, 5.74) is 7.26. The first kappa shape index (κ1) is 7.55. The van der Waals surface area contributed by atoms with Crippen LogP contribution in [-0.2, 0) is 0 Å². The van der Waals surface area contributed by atoms with Crippen molar-refractivity contribution in [1.82, 2.24) is 0 Å². The Morgan fingerprint density at radius 3 is 2.92 bits per heavy atom. The van der Waals surface area contributed by atoms with E-state index in [0.717, 1.165) is 15.6 Å². The number of hydrogen-bond acceptors (Lipinski definition) is 2. The Balaban J connectivity index is 2.92. The normalized spacial score (nSPS) is 10.8. The van der Waals surface area contributed by atoms with Crippen LogP contribution in [0.25, 0.3) is 10.1 Å². The van der Waals surface area contributed by atoms with E-state index in [2.05, 4.69) is 0 Å². The Hall–Kier alpha value is -1.09. The summed E-state index contributed by atoms with van der Waals surface area (Å²) in [5.74, 6) is -0.262. The van der Waals surface area contributed by atoms with E-state index < -0.39 is 0 Å². The van der Waals surface area contributed by atoms with Crippen molar-refractivity contribution in [2.45, 2.75) is 6.92 Å². The van der Waals surface area contributed by atoms with Crippen LogP contribution in [0.5, 0.6) is 0 Å². The van der Waals surface area contributed by atoms with Gasteiger partial charge in [0.05, 0.1) is 10.4 Å². The van der Waals surface area contributed by atoms with Crippen molar-refractivity contribution >= 4 is 27.1 Å². The van der Waals surface area contributed by atoms with Gasteiger partial charge in [0.25, 0.3) is 0 Å². The molecular formula is C9H8FNS. The lowest BCUT2D eigenvalue weighted by molar-refractivity contribution is 0.630. The van der Waals surface area contributed by atoms with Gasteiger partial charge in [0, 0.05) is 5.39 Å². The zero-order valence-corrected chi connectivity index (χ0v) is 7.41. The average Bonchev–Trinajstić information content (AvgIpc) is 2.33. The SMILES string of the molecule is Cc1csc2c(N)cc(F)cc12. The highest BCUT2D eigenvalue weighted by atomic mass is 32.1. The van der Waals surface area contributed by atoms with Crippen molar-refractivity contribution in [3.63, 3.8) is 0 Å². The number of benzene rings is 1. The second kappa shape index (κ2) is 2.45. The summed E-state index contributed by atoms with van der Waals surface area (Å²) in [7, 11) is 0. The van der Waals surface area contributed by atoms with Crippen LogP contribution in [0.2, 0.25) is 0 Å². The molecule has 1 aromatic heterocycles. The van der Waals surface area contributed by atoms with Gasteiger partial charge in [-0.2, -0.15) is 0 Å². The van der Waals surface area contributed by atoms with E-state index in [-0.39, 0.29) is 5.82 Å². The van der Waals surface area contributed by atoms with Gasteiger partial charge in [0.2, 0.25) is 0 Å². The molecule has 0 unspecified atom stereocenters. The van der Waals surface area contributed by atoms with Crippen LogP contribution >= 0.6 is 11.3 Å². The van der Waals surface area contributed by atoms with Gasteiger partial charge in [-0.3, -0.25) is 0 Å². The van der Waals surface area contributed by atoms with Crippen molar-refractivity contribution in [3.05, 3.63) is 28.9 Å². The van der Waals surface area contributed by atoms with Crippen molar-refractivity contribution in [2.24, 2.45) is 0 Å². The molecule has 0 aliphatic carbocycles. The summed E-state index contributed by atoms with van der Waals surface area (Å²) in [5, 5.41) is 2.91. The van der Waals surface area contributed by atoms with E-state index in [0.29, 0.717) is 5.69 Å². The summed E-state index contributed by atoms with van der Waals surface area (Å²) in [4.78, 5) is 0. The second-order valence-electron chi connectivity index (χ2n) is 2.79. The lowest BCUT2D eigenvalue weighted by atomic mass is 10.2. The summed E-state index contributed by atoms with van der Waals surface area (Å²) in [6.07, 6.45) is 0. The molecule has 0 spiro atoms. The highest BCUT2D eigenvalue weighted by Crippen LogP contribution is 2.30. The fourth-order valence-corrected chi connectivity index (χ4v) is 2.21. The second-order valence-corrected chi connectivity index (χ2v) is 3.67. The average molecular weight is 181 g/mol. The van der Waals surface area contributed by atoms with Crippen molar-refractivity contribution in [2.75, 3.05) is 5.73 Å². The van der Waals surface area contributed by atoms with Crippen molar-refractivity contribution < 1.29 is 4.39 Å². The summed E-state index contributed by atoms with van der Waals surface area (Å²) in [6.45, 7) is 1.96. The van der Waals surface area contributed by atoms with E-state index in [1.54, 1.807) is 11.3 Å². The Labute approximate surface area is 73.6 Å². The minimum atomic E-state index is -0.262. The Kier molecular flexibility index (Phi) is 1.54. The van der Waals surface area contributed by atoms with Crippen LogP contribution in [0.3, 0.4) is 0 Å². The lowest BCUT2D eigenvalue weighted by Gasteiger charge is -1.96. The predicted octanol–water partition coefficient (Wildman–Crippen LogP) is 2.93. The van der Waals surface area contributed by atoms with Crippen LogP contribution in [0, 0.1) is 12.7 Å². The van der Waals surface area contributed by atoms with Crippen molar-refractivity contribution in [1.29, 1.82) is 0 Å². The maximum Gasteiger partial charge on any atom is 0.125 e. The van der Waals surface area contributed by atoms with Gasteiger partial charge in [-0.25, -0.2) is 4.39 Å². The largest absolute Gasteiger partial charge is 0.397 e. The first-order chi connectivity index (χ1) is 5.68. The van der Waals surface area contributed by atoms with Crippen LogP contribution in [-0.4, -0.2) is 0 Å². The molecule has 0 bridgehead atoms. The van der Waals surface area contributed by atoms with Crippen LogP contribution in [0.4, 0.5) is 10.1 Å². The summed E-state index contributed by atoms with van der Waals surface area (Å²) >= 11 is 1.56. The molecule has 0 aliphatic heterocycles. The summed E-state index contributed by atoms with van der Waals surface area (Å²) < 4.78 is 13.9. The molecule has 0 radical (unpaired) electrons. The number of fused-ring (bicyclic) bond motifs is 1. The molecule has 3 heteroatoms. The minimum absolute atomic E-state index is 0.262. The van der Waals surface area contributed by atoms with Gasteiger partial charge in [-0.05, 0) is 30.0 Å². The quantitative estimate of drug-likeness (QED) is 0.621. The number of nitrogen functional groups attached to an aromatic ring is 1. The Bertz CT molecular complexity index is 433. The molecule has 2 rings (SSSR count). The van der Waals surface area contributed by atoms with Gasteiger partial charge in [0.15, 0.2) is 0 Å². The molecule has 0 aliphatic rings. The van der Waals surface area contributed by atoms with E-state index >= 15 is 0 Å². The van der Waals surface area contributed by atoms with E-state index in [1.165, 1.54) is 12.1 Å². The molecule has 0 amide bonds. The Morgan fingerprint density at radius 1 is 1.42 bits per heavy atom. The number of thiophene rings is 1. The number of hydrogen-bond donors (Lipinski definition) is 1. The number of rotatable bonds is 0. The molecule has 12 heavy (non-hydrogen) atoms. The van der Waals surface area contributed by atoms with Crippen LogP contribution in [0.15, 0.2) is 17.5 Å². The molecule has 0 fully saturated rings. The van der Waals surface area contributed by atoms with E-state index in [1.807, 2.05) is 12.3 Å². The van der Waals surface area contributed by atoms with E-state index in [4.69, 9.17) is 5.73 Å². The maximum atomic E-state index is 12.9. The minimum Gasteiger partial charge on any atom is -0.397 e. The van der Waals surface area contributed by atoms with Gasteiger partial charge < -0.3 is 5.73 Å². The van der Waals surface area contributed by atoms with Crippen molar-refractivity contribution in [3.8, 4) is 0 Å². The lowest BCUT2D eigenvalue weighted by Crippen LogP contribution is -1.86. The molecule has 1 heterocycles. The zero-order valence-electron chi connectivity index (χ0n) is 6.60. The van der Waals surface area contributed by atoms with Crippen LogP contribution in [0.1, 0.15) is 5.56 Å². The Morgan fingerprint density at radius 2 is 2.17 bits per heavy atom. The number of aryl methyl sites for hydroxylation is 1. The standard InChI is InChI=1S/C9H8FNS/c1-5-4-12-9-7(5)2-6(10)3-8(9)11/h2-4H,11H2,1H3. The molecule has 0 saturated carbocycles. The first-order valence-electron chi connectivity index (χ1n) is 3.61. The van der Waals surface area contributed by atoms with E-state index in [9.17, 15) is 4.39 Å². The molecule has 2 aromatic rings. The third-order valence-electron chi connectivity index (χ3n) is 1.86. The van der Waals surface area contributed by atoms with Crippen LogP contribution < -0.4 is 5.73 Å². The third kappa shape index (κ3) is 0.975. The monoisotopic (exact) mass is 181 g/mol. The predicted molar refractivity (Wildman–Crippen MR) is 50.9 cm³/mol. The number of anilines is 1.